The zero-order valence-electron chi connectivity index (χ0n) is 11.7. The molecule has 0 aromatic carbocycles. The third kappa shape index (κ3) is 10.1. The van der Waals surface area contributed by atoms with Gasteiger partial charge in [0.2, 0.25) is 0 Å². The first kappa shape index (κ1) is 17.4. The van der Waals surface area contributed by atoms with Crippen molar-refractivity contribution in [3.63, 3.8) is 0 Å². The van der Waals surface area contributed by atoms with Gasteiger partial charge in [-0.25, -0.2) is 0 Å². The Labute approximate surface area is 114 Å². The van der Waals surface area contributed by atoms with Crippen LogP contribution in [0.4, 0.5) is 0 Å². The van der Waals surface area contributed by atoms with Crippen molar-refractivity contribution in [2.24, 2.45) is 0 Å². The van der Waals surface area contributed by atoms with Crippen LogP contribution in [-0.4, -0.2) is 28.4 Å². The fourth-order valence-corrected chi connectivity index (χ4v) is 3.81. The average Bonchev–Trinajstić information content (AvgIpc) is 2.34. The van der Waals surface area contributed by atoms with Crippen LogP contribution in [0.3, 0.4) is 0 Å². The summed E-state index contributed by atoms with van der Waals surface area (Å²) >= 11 is 5.74. The molecule has 1 unspecified atom stereocenters. The van der Waals surface area contributed by atoms with E-state index in [0.717, 1.165) is 44.8 Å². The third-order valence-electron chi connectivity index (χ3n) is 2.82. The van der Waals surface area contributed by atoms with Crippen molar-refractivity contribution < 1.29 is 8.85 Å². The first-order valence-electron chi connectivity index (χ1n) is 7.05. The van der Waals surface area contributed by atoms with Gasteiger partial charge in [-0.2, -0.15) is 0 Å². The molecular formula is C13H29ClO2Si. The van der Waals surface area contributed by atoms with Gasteiger partial charge in [0.15, 0.2) is 0 Å². The molecule has 0 N–H and O–H groups in total. The molecular weight excluding hydrogens is 252 g/mol. The molecule has 0 aliphatic heterocycles. The predicted octanol–water partition coefficient (Wildman–Crippen LogP) is 4.25. The van der Waals surface area contributed by atoms with E-state index >= 15 is 0 Å². The van der Waals surface area contributed by atoms with E-state index in [1.165, 1.54) is 12.8 Å². The standard InChI is InChI=1S/C13H29ClO2Si/c1-4-6-11-15-17(16-12-7-5-2)13(3)9-8-10-14/h13,17H,4-12H2,1-3H3. The first-order chi connectivity index (χ1) is 8.26. The van der Waals surface area contributed by atoms with E-state index in [1.807, 2.05) is 0 Å². The largest absolute Gasteiger partial charge is 0.396 e. The normalized spacial score (nSPS) is 13.2. The van der Waals surface area contributed by atoms with Crippen molar-refractivity contribution in [1.29, 1.82) is 0 Å². The second kappa shape index (κ2) is 12.9. The van der Waals surface area contributed by atoms with Crippen LogP contribution in [0.2, 0.25) is 5.54 Å². The summed E-state index contributed by atoms with van der Waals surface area (Å²) in [7, 11) is -1.48. The molecule has 0 rings (SSSR count). The molecule has 0 heterocycles. The van der Waals surface area contributed by atoms with Crippen molar-refractivity contribution >= 4 is 20.9 Å². The molecule has 0 aromatic rings. The molecule has 0 saturated heterocycles. The van der Waals surface area contributed by atoms with E-state index in [1.54, 1.807) is 0 Å². The van der Waals surface area contributed by atoms with Crippen LogP contribution < -0.4 is 0 Å². The SMILES string of the molecule is CCCCO[SiH](OCCCC)C(C)CCCCl. The first-order valence-corrected chi connectivity index (χ1v) is 9.19. The zero-order valence-corrected chi connectivity index (χ0v) is 13.6. The predicted molar refractivity (Wildman–Crippen MR) is 78.2 cm³/mol. The number of hydrogen-bond donors (Lipinski definition) is 0. The quantitative estimate of drug-likeness (QED) is 0.302. The summed E-state index contributed by atoms with van der Waals surface area (Å²) in [4.78, 5) is 0. The Kier molecular flexibility index (Phi) is 13.2. The topological polar surface area (TPSA) is 18.5 Å². The van der Waals surface area contributed by atoms with E-state index in [0.29, 0.717) is 5.54 Å². The molecule has 1 atom stereocenters. The molecule has 0 radical (unpaired) electrons. The molecule has 2 nitrogen and oxygen atoms in total. The Morgan fingerprint density at radius 2 is 1.53 bits per heavy atom. The van der Waals surface area contributed by atoms with E-state index in [-0.39, 0.29) is 0 Å². The molecule has 0 fully saturated rings. The Balaban J connectivity index is 3.89. The minimum Gasteiger partial charge on any atom is -0.396 e. The van der Waals surface area contributed by atoms with Gasteiger partial charge in [0.1, 0.15) is 0 Å². The van der Waals surface area contributed by atoms with Crippen molar-refractivity contribution in [2.45, 2.75) is 64.8 Å². The fourth-order valence-electron chi connectivity index (χ4n) is 1.60. The van der Waals surface area contributed by atoms with Gasteiger partial charge in [0, 0.05) is 19.1 Å². The Morgan fingerprint density at radius 3 is 1.94 bits per heavy atom. The summed E-state index contributed by atoms with van der Waals surface area (Å²) in [5, 5.41) is 0. The van der Waals surface area contributed by atoms with E-state index < -0.39 is 9.28 Å². The van der Waals surface area contributed by atoms with Gasteiger partial charge in [0.05, 0.1) is 0 Å². The molecule has 104 valence electrons. The maximum atomic E-state index is 5.96. The highest BCUT2D eigenvalue weighted by atomic mass is 35.5. The molecule has 0 aliphatic carbocycles. The molecule has 0 aliphatic rings. The van der Waals surface area contributed by atoms with Crippen LogP contribution in [0, 0.1) is 0 Å². The molecule has 17 heavy (non-hydrogen) atoms. The van der Waals surface area contributed by atoms with Crippen molar-refractivity contribution in [3.8, 4) is 0 Å². The van der Waals surface area contributed by atoms with Gasteiger partial charge in [-0.1, -0.05) is 33.6 Å². The average molecular weight is 281 g/mol. The smallest absolute Gasteiger partial charge is 0.324 e. The third-order valence-corrected chi connectivity index (χ3v) is 5.48. The highest BCUT2D eigenvalue weighted by molar-refractivity contribution is 6.46. The molecule has 0 amide bonds. The minimum absolute atomic E-state index is 0.572. The summed E-state index contributed by atoms with van der Waals surface area (Å²) < 4.78 is 11.9. The van der Waals surface area contributed by atoms with E-state index in [4.69, 9.17) is 20.5 Å². The summed E-state index contributed by atoms with van der Waals surface area (Å²) in [6, 6.07) is 0. The van der Waals surface area contributed by atoms with Gasteiger partial charge < -0.3 is 8.85 Å². The minimum atomic E-state index is -1.48. The maximum absolute atomic E-state index is 5.96. The number of alkyl halides is 1. The summed E-state index contributed by atoms with van der Waals surface area (Å²) in [5.41, 5.74) is 0.572. The second-order valence-corrected chi connectivity index (χ2v) is 7.55. The lowest BCUT2D eigenvalue weighted by molar-refractivity contribution is 0.183. The second-order valence-electron chi connectivity index (χ2n) is 4.63. The van der Waals surface area contributed by atoms with Crippen LogP contribution in [0.5, 0.6) is 0 Å². The van der Waals surface area contributed by atoms with Gasteiger partial charge >= 0.3 is 9.28 Å². The Morgan fingerprint density at radius 1 is 1.00 bits per heavy atom. The zero-order chi connectivity index (χ0) is 12.9. The summed E-state index contributed by atoms with van der Waals surface area (Å²) in [5.74, 6) is 0.745. The molecule has 0 bridgehead atoms. The maximum Gasteiger partial charge on any atom is 0.324 e. The van der Waals surface area contributed by atoms with Crippen molar-refractivity contribution in [2.75, 3.05) is 19.1 Å². The lowest BCUT2D eigenvalue weighted by Gasteiger charge is -2.22. The highest BCUT2D eigenvalue weighted by Gasteiger charge is 2.21. The van der Waals surface area contributed by atoms with Crippen LogP contribution in [0.25, 0.3) is 0 Å². The summed E-state index contributed by atoms with van der Waals surface area (Å²) in [6.07, 6.45) is 6.86. The number of unbranched alkanes of at least 4 members (excludes halogenated alkanes) is 2. The number of rotatable bonds is 12. The monoisotopic (exact) mass is 280 g/mol. The van der Waals surface area contributed by atoms with Crippen LogP contribution in [0.15, 0.2) is 0 Å². The molecule has 0 saturated carbocycles. The van der Waals surface area contributed by atoms with Gasteiger partial charge in [-0.3, -0.25) is 0 Å². The molecule has 0 aromatic heterocycles. The molecule has 0 spiro atoms. The van der Waals surface area contributed by atoms with Gasteiger partial charge in [0.25, 0.3) is 0 Å². The number of hydrogen-bond acceptors (Lipinski definition) is 2. The lowest BCUT2D eigenvalue weighted by atomic mass is 10.3. The Hall–Kier alpha value is 0.427. The van der Waals surface area contributed by atoms with Gasteiger partial charge in [-0.05, 0) is 31.2 Å². The van der Waals surface area contributed by atoms with Crippen molar-refractivity contribution in [1.82, 2.24) is 0 Å². The number of halogens is 1. The van der Waals surface area contributed by atoms with E-state index in [2.05, 4.69) is 20.8 Å². The highest BCUT2D eigenvalue weighted by Crippen LogP contribution is 2.19. The van der Waals surface area contributed by atoms with Crippen LogP contribution in [-0.2, 0) is 8.85 Å². The lowest BCUT2D eigenvalue weighted by Crippen LogP contribution is -2.29. The Bertz CT molecular complexity index is 148. The van der Waals surface area contributed by atoms with Crippen LogP contribution in [0.1, 0.15) is 59.3 Å². The molecule has 4 heteroatoms. The van der Waals surface area contributed by atoms with E-state index in [9.17, 15) is 0 Å². The fraction of sp³-hybridized carbons (Fsp3) is 1.00. The van der Waals surface area contributed by atoms with Crippen molar-refractivity contribution in [3.05, 3.63) is 0 Å². The summed E-state index contributed by atoms with van der Waals surface area (Å²) in [6.45, 7) is 8.36. The van der Waals surface area contributed by atoms with Gasteiger partial charge in [-0.15, -0.1) is 11.6 Å². The van der Waals surface area contributed by atoms with Crippen LogP contribution >= 0.6 is 11.6 Å².